The molecule has 0 radical (unpaired) electrons. The quantitative estimate of drug-likeness (QED) is 0.0262. The number of aliphatic hydroxyl groups is 8. The molecular formula is C54H83NaO23S. The molecule has 0 bridgehead atoms. The molecule has 444 valence electrons. The average molecular weight is 1160 g/mol. The van der Waals surface area contributed by atoms with Gasteiger partial charge in [0.2, 0.25) is 10.4 Å². The van der Waals surface area contributed by atoms with Gasteiger partial charge >= 0.3 is 35.5 Å². The van der Waals surface area contributed by atoms with Crippen LogP contribution in [0.5, 0.6) is 0 Å². The molecule has 9 rings (SSSR count). The summed E-state index contributed by atoms with van der Waals surface area (Å²) in [4.78, 5) is 28.7. The number of Topliss-reactive ketones (excluding diaryl/α,β-unsaturated/α-hetero) is 1. The number of cyclic esters (lactones) is 1. The summed E-state index contributed by atoms with van der Waals surface area (Å²) in [6.07, 6.45) is -19.5. The standard InChI is InChI=1S/C54H84O23S.Na/c1-24(2)11-10-16-53(8)45-29(56)20-52(7)28-12-13-33-50(4,5)34(15-17-51(33,6)27(28)14-18-54(45,52)49(64)76-53)73-48-44(37(60)32(23-70-48)77-78(65,66)67)75-47-39(62)38(61)41(25(3)71-47)74-46-40(63)42(30(57)22-69-46)72-31-19-26(21-55)35(58)43(68-9)36(31)59;/h12,25-27,30-48,55,57-63H,1,10-11,13-23H2,2-9H3,(H,65,66,67);/q;+1/p-1/t25?,26?,27-,30-,31-,32-,33+,34+,35-,36?,37?,38?,39?,40?,41-,42?,43?,44?,45-,46+,47+,48+,51-,52+,53+,54?;/m1./s1. The number of aliphatic hydroxyl groups excluding tert-OH is 8. The third kappa shape index (κ3) is 11.1. The maximum atomic E-state index is 14.4. The summed E-state index contributed by atoms with van der Waals surface area (Å²) in [5, 5.41) is 88.6. The van der Waals surface area contributed by atoms with Gasteiger partial charge in [-0.15, -0.1) is 6.58 Å². The van der Waals surface area contributed by atoms with E-state index in [9.17, 15) is 63.4 Å². The van der Waals surface area contributed by atoms with E-state index in [0.717, 1.165) is 24.0 Å². The van der Waals surface area contributed by atoms with E-state index in [1.54, 1.807) is 0 Å². The Morgan fingerprint density at radius 3 is 2.14 bits per heavy atom. The van der Waals surface area contributed by atoms with Crippen molar-refractivity contribution < 1.29 is 140 Å². The van der Waals surface area contributed by atoms with E-state index in [0.29, 0.717) is 38.5 Å². The van der Waals surface area contributed by atoms with Crippen LogP contribution in [0.15, 0.2) is 23.8 Å². The first-order valence-corrected chi connectivity index (χ1v) is 29.0. The van der Waals surface area contributed by atoms with Crippen LogP contribution in [0.25, 0.3) is 0 Å². The molecule has 1 spiro atoms. The summed E-state index contributed by atoms with van der Waals surface area (Å²) in [7, 11) is -4.13. The summed E-state index contributed by atoms with van der Waals surface area (Å²) < 4.78 is 94.5. The summed E-state index contributed by atoms with van der Waals surface area (Å²) in [5.41, 5.74) is -1.37. The minimum Gasteiger partial charge on any atom is -0.726 e. The van der Waals surface area contributed by atoms with E-state index in [4.69, 9.17) is 42.6 Å². The van der Waals surface area contributed by atoms with Crippen LogP contribution in [-0.4, -0.2) is 209 Å². The molecule has 4 saturated heterocycles. The van der Waals surface area contributed by atoms with E-state index < -0.39 is 174 Å². The van der Waals surface area contributed by atoms with Crippen molar-refractivity contribution in [2.75, 3.05) is 26.9 Å². The van der Waals surface area contributed by atoms with Crippen molar-refractivity contribution in [3.05, 3.63) is 23.8 Å². The number of methoxy groups -OCH3 is 1. The van der Waals surface area contributed by atoms with Crippen LogP contribution >= 0.6 is 0 Å². The monoisotopic (exact) mass is 1150 g/mol. The Morgan fingerprint density at radius 2 is 1.48 bits per heavy atom. The molecule has 0 aromatic carbocycles. The van der Waals surface area contributed by atoms with Gasteiger partial charge in [0.25, 0.3) is 0 Å². The predicted octanol–water partition coefficient (Wildman–Crippen LogP) is -2.42. The number of allylic oxidation sites excluding steroid dienone is 3. The van der Waals surface area contributed by atoms with Gasteiger partial charge in [-0.2, -0.15) is 0 Å². The number of rotatable bonds is 16. The number of carbonyl (C=O) groups is 2. The van der Waals surface area contributed by atoms with Gasteiger partial charge in [-0.25, -0.2) is 8.42 Å². The molecule has 4 heterocycles. The molecule has 4 aliphatic heterocycles. The number of ketones is 1. The Morgan fingerprint density at radius 1 is 0.810 bits per heavy atom. The molecule has 4 saturated carbocycles. The molecule has 23 nitrogen and oxygen atoms in total. The smallest absolute Gasteiger partial charge is 0.726 e. The van der Waals surface area contributed by atoms with Crippen LogP contribution in [-0.2, 0) is 66.8 Å². The Balaban J connectivity index is 0.00000822. The van der Waals surface area contributed by atoms with Crippen molar-refractivity contribution in [2.24, 2.45) is 45.3 Å². The van der Waals surface area contributed by atoms with Gasteiger partial charge in [0, 0.05) is 31.5 Å². The van der Waals surface area contributed by atoms with Gasteiger partial charge in [0.05, 0.1) is 49.0 Å². The first kappa shape index (κ1) is 63.9. The SMILES string of the molecule is C=C(C)CCC[C@]1(C)OC(=O)C23CC[C@@H]4C(=CC[C@H]5C(C)(C)[C@@H](O[C@@H]6OC[C@@H](OS(=O)(=O)[O-])C(O)C6O[C@@H]6OC(C)[C@@H](O[C@@H]7OC[C@@H](O)C(O[C@@H]8CC(CO)[C@@H](O)C(OC)C8O)C7O)C(O)C6O)CC[C@]45C)[C@]2(C)CC(=O)[C@@H]31.[Na+]. The van der Waals surface area contributed by atoms with E-state index >= 15 is 0 Å². The molecule has 0 amide bonds. The molecule has 0 aromatic rings. The van der Waals surface area contributed by atoms with Crippen LogP contribution in [0.3, 0.4) is 0 Å². The second-order valence-electron chi connectivity index (χ2n) is 25.3. The largest absolute Gasteiger partial charge is 1.00 e. The van der Waals surface area contributed by atoms with Crippen molar-refractivity contribution in [3.8, 4) is 0 Å². The Bertz CT molecular complexity index is 2380. The van der Waals surface area contributed by atoms with Gasteiger partial charge in [-0.3, -0.25) is 13.8 Å². The normalized spacial score (nSPS) is 49.6. The molecule has 9 aliphatic rings. The number of fused-ring (bicyclic) bond motifs is 4. The zero-order valence-electron chi connectivity index (χ0n) is 46.8. The zero-order valence-corrected chi connectivity index (χ0v) is 49.6. The molecule has 8 fully saturated rings. The number of hydrogen-bond donors (Lipinski definition) is 8. The zero-order chi connectivity index (χ0) is 57.0. The first-order chi connectivity index (χ1) is 36.5. The maximum Gasteiger partial charge on any atom is 1.00 e. The van der Waals surface area contributed by atoms with E-state index in [-0.39, 0.29) is 71.4 Å². The average Bonchev–Trinajstić information content (AvgIpc) is 2.50. The molecule has 79 heavy (non-hydrogen) atoms. The maximum absolute atomic E-state index is 14.4. The third-order valence-electron chi connectivity index (χ3n) is 20.2. The van der Waals surface area contributed by atoms with Crippen LogP contribution in [0, 0.1) is 45.3 Å². The second kappa shape index (κ2) is 23.6. The topological polar surface area (TPSA) is 345 Å². The first-order valence-electron chi connectivity index (χ1n) is 27.6. The summed E-state index contributed by atoms with van der Waals surface area (Å²) in [6, 6.07) is 0. The van der Waals surface area contributed by atoms with Gasteiger partial charge in [0.1, 0.15) is 78.5 Å². The van der Waals surface area contributed by atoms with Crippen LogP contribution < -0.4 is 29.6 Å². The number of carbonyl (C=O) groups excluding carboxylic acids is 2. The minimum absolute atomic E-state index is 0. The Hall–Kier alpha value is -1.15. The molecule has 26 atom stereocenters. The number of esters is 1. The van der Waals surface area contributed by atoms with Gasteiger partial charge in [-0.05, 0) is 101 Å². The fraction of sp³-hybridized carbons (Fsp3) is 0.889. The Kier molecular flexibility index (Phi) is 19.1. The minimum atomic E-state index is -5.39. The summed E-state index contributed by atoms with van der Waals surface area (Å²) in [5.74, 6) is -1.50. The third-order valence-corrected chi connectivity index (χ3v) is 20.7. The van der Waals surface area contributed by atoms with Crippen molar-refractivity contribution in [1.29, 1.82) is 0 Å². The van der Waals surface area contributed by atoms with Gasteiger partial charge in [0.15, 0.2) is 18.9 Å². The molecular weight excluding hydrogens is 1070 g/mol. The van der Waals surface area contributed by atoms with Crippen molar-refractivity contribution in [3.63, 3.8) is 0 Å². The van der Waals surface area contributed by atoms with Gasteiger partial charge in [-0.1, -0.05) is 44.9 Å². The van der Waals surface area contributed by atoms with Crippen LogP contribution in [0.1, 0.15) is 113 Å². The van der Waals surface area contributed by atoms with Crippen molar-refractivity contribution in [2.45, 2.75) is 229 Å². The molecule has 25 heteroatoms. The van der Waals surface area contributed by atoms with Crippen LogP contribution in [0.2, 0.25) is 0 Å². The second-order valence-corrected chi connectivity index (χ2v) is 26.3. The molecule has 0 aromatic heterocycles. The van der Waals surface area contributed by atoms with E-state index in [2.05, 4.69) is 44.5 Å². The molecule has 8 N–H and O–H groups in total. The predicted molar refractivity (Wildman–Crippen MR) is 267 cm³/mol. The van der Waals surface area contributed by atoms with E-state index in [1.807, 2.05) is 13.8 Å². The van der Waals surface area contributed by atoms with Crippen molar-refractivity contribution in [1.82, 2.24) is 0 Å². The van der Waals surface area contributed by atoms with Crippen molar-refractivity contribution >= 4 is 22.2 Å². The number of ether oxygens (including phenoxy) is 9. The summed E-state index contributed by atoms with van der Waals surface area (Å²) in [6.45, 7) is 16.4. The fourth-order valence-corrected chi connectivity index (χ4v) is 16.7. The van der Waals surface area contributed by atoms with E-state index in [1.165, 1.54) is 14.0 Å². The fourth-order valence-electron chi connectivity index (χ4n) is 16.2. The van der Waals surface area contributed by atoms with Gasteiger partial charge < -0.3 is 88.0 Å². The Labute approximate surface area is 484 Å². The summed E-state index contributed by atoms with van der Waals surface area (Å²) >= 11 is 0. The van der Waals surface area contributed by atoms with Crippen LogP contribution in [0.4, 0.5) is 0 Å². The molecule has 5 aliphatic carbocycles. The molecule has 11 unspecified atom stereocenters. The number of hydrogen-bond acceptors (Lipinski definition) is 23.